The van der Waals surface area contributed by atoms with Gasteiger partial charge < -0.3 is 9.84 Å². The van der Waals surface area contributed by atoms with E-state index in [2.05, 4.69) is 20.7 Å². The Labute approximate surface area is 120 Å². The summed E-state index contributed by atoms with van der Waals surface area (Å²) < 4.78 is 5.34. The molecule has 2 aromatic heterocycles. The number of amides is 1. The van der Waals surface area contributed by atoms with Crippen LogP contribution in [0.4, 0.5) is 5.69 Å². The molecule has 106 valence electrons. The number of aromatic nitrogens is 3. The number of carbonyl (C=O) groups excluding carboxylic acids is 1. The van der Waals surface area contributed by atoms with Gasteiger partial charge in [-0.3, -0.25) is 9.89 Å². The van der Waals surface area contributed by atoms with Crippen molar-refractivity contribution >= 4 is 22.5 Å². The van der Waals surface area contributed by atoms with Crippen molar-refractivity contribution in [3.05, 3.63) is 41.4 Å². The molecule has 4 rings (SSSR count). The van der Waals surface area contributed by atoms with Crippen molar-refractivity contribution in [1.29, 1.82) is 0 Å². The topological polar surface area (TPSA) is 83.8 Å². The Bertz CT molecular complexity index is 829. The lowest BCUT2D eigenvalue weighted by Gasteiger charge is -2.06. The van der Waals surface area contributed by atoms with Crippen molar-refractivity contribution in [2.45, 2.75) is 25.7 Å². The molecule has 0 spiro atoms. The van der Waals surface area contributed by atoms with E-state index in [4.69, 9.17) is 4.52 Å². The first-order valence-corrected chi connectivity index (χ1v) is 6.93. The molecule has 2 N–H and O–H groups in total. The molecule has 6 heteroatoms. The predicted molar refractivity (Wildman–Crippen MR) is 77.3 cm³/mol. The summed E-state index contributed by atoms with van der Waals surface area (Å²) in [6, 6.07) is 5.53. The van der Waals surface area contributed by atoms with E-state index >= 15 is 0 Å². The average molecular weight is 282 g/mol. The molecule has 0 bridgehead atoms. The summed E-state index contributed by atoms with van der Waals surface area (Å²) in [6.45, 7) is 1.84. The number of aromatic amines is 1. The first-order chi connectivity index (χ1) is 10.2. The molecule has 0 unspecified atom stereocenters. The largest absolute Gasteiger partial charge is 0.359 e. The third-order valence-corrected chi connectivity index (χ3v) is 3.80. The molecule has 0 saturated heterocycles. The molecule has 3 aromatic rings. The van der Waals surface area contributed by atoms with Gasteiger partial charge in [-0.25, -0.2) is 0 Å². The summed E-state index contributed by atoms with van der Waals surface area (Å²) in [7, 11) is 0. The van der Waals surface area contributed by atoms with E-state index < -0.39 is 0 Å². The van der Waals surface area contributed by atoms with Crippen LogP contribution in [0.15, 0.2) is 28.9 Å². The van der Waals surface area contributed by atoms with Crippen molar-refractivity contribution < 1.29 is 9.32 Å². The lowest BCUT2D eigenvalue weighted by atomic mass is 10.1. The molecule has 1 amide bonds. The van der Waals surface area contributed by atoms with Crippen LogP contribution in [0.2, 0.25) is 0 Å². The van der Waals surface area contributed by atoms with Crippen LogP contribution in [0.5, 0.6) is 0 Å². The minimum atomic E-state index is -0.182. The number of H-pyrrole nitrogens is 1. The highest BCUT2D eigenvalue weighted by Gasteiger charge is 2.32. The van der Waals surface area contributed by atoms with Gasteiger partial charge >= 0.3 is 0 Å². The normalized spacial score (nSPS) is 14.5. The van der Waals surface area contributed by atoms with E-state index in [0.29, 0.717) is 22.9 Å². The monoisotopic (exact) mass is 282 g/mol. The summed E-state index contributed by atoms with van der Waals surface area (Å²) in [4.78, 5) is 12.5. The number of hydrogen-bond donors (Lipinski definition) is 2. The maximum absolute atomic E-state index is 12.5. The van der Waals surface area contributed by atoms with E-state index in [-0.39, 0.29) is 5.91 Å². The number of anilines is 1. The fraction of sp³-hybridized carbons (Fsp3) is 0.267. The average Bonchev–Trinajstić information content (AvgIpc) is 3.10. The van der Waals surface area contributed by atoms with Crippen molar-refractivity contribution in [2.75, 3.05) is 5.32 Å². The Morgan fingerprint density at radius 2 is 2.29 bits per heavy atom. The standard InChI is InChI=1S/C15H14N4O2/c1-8-12(14(21-19-8)9-5-6-9)17-15(20)11-4-2-3-10-7-16-18-13(10)11/h2-4,7,9H,5-6H2,1H3,(H,16,18)(H,17,20). The third-order valence-electron chi connectivity index (χ3n) is 3.80. The molecule has 0 radical (unpaired) electrons. The number of fused-ring (bicyclic) bond motifs is 1. The van der Waals surface area contributed by atoms with E-state index in [1.807, 2.05) is 19.1 Å². The maximum Gasteiger partial charge on any atom is 0.257 e. The van der Waals surface area contributed by atoms with Crippen LogP contribution in [-0.4, -0.2) is 21.3 Å². The van der Waals surface area contributed by atoms with Gasteiger partial charge in [0.1, 0.15) is 11.4 Å². The van der Waals surface area contributed by atoms with E-state index in [1.165, 1.54) is 0 Å². The molecule has 21 heavy (non-hydrogen) atoms. The molecule has 0 aliphatic heterocycles. The van der Waals surface area contributed by atoms with Crippen LogP contribution in [0.25, 0.3) is 10.9 Å². The Morgan fingerprint density at radius 3 is 3.10 bits per heavy atom. The Hall–Kier alpha value is -2.63. The zero-order valence-corrected chi connectivity index (χ0v) is 11.5. The van der Waals surface area contributed by atoms with Gasteiger partial charge in [0, 0.05) is 11.3 Å². The number of nitrogens with zero attached hydrogens (tertiary/aromatic N) is 2. The number of hydrogen-bond acceptors (Lipinski definition) is 4. The Balaban J connectivity index is 1.70. The number of benzene rings is 1. The highest BCUT2D eigenvalue weighted by Crippen LogP contribution is 2.44. The number of rotatable bonds is 3. The first-order valence-electron chi connectivity index (χ1n) is 6.93. The lowest BCUT2D eigenvalue weighted by molar-refractivity contribution is 0.102. The summed E-state index contributed by atoms with van der Waals surface area (Å²) in [5.41, 5.74) is 2.71. The zero-order valence-electron chi connectivity index (χ0n) is 11.5. The van der Waals surface area contributed by atoms with Crippen LogP contribution in [0.3, 0.4) is 0 Å². The van der Waals surface area contributed by atoms with E-state index in [9.17, 15) is 4.79 Å². The van der Waals surface area contributed by atoms with Gasteiger partial charge in [-0.15, -0.1) is 0 Å². The summed E-state index contributed by atoms with van der Waals surface area (Å²) in [5.74, 6) is 1.00. The summed E-state index contributed by atoms with van der Waals surface area (Å²) >= 11 is 0. The number of para-hydroxylation sites is 1. The van der Waals surface area contributed by atoms with Crippen molar-refractivity contribution in [1.82, 2.24) is 15.4 Å². The van der Waals surface area contributed by atoms with Crippen LogP contribution in [-0.2, 0) is 0 Å². The van der Waals surface area contributed by atoms with Crippen LogP contribution >= 0.6 is 0 Å². The molecule has 1 aromatic carbocycles. The molecular formula is C15H14N4O2. The van der Waals surface area contributed by atoms with Crippen molar-refractivity contribution in [3.63, 3.8) is 0 Å². The SMILES string of the molecule is Cc1noc(C2CC2)c1NC(=O)c1cccc2cn[nH]c12. The second kappa shape index (κ2) is 4.44. The number of nitrogens with one attached hydrogen (secondary N) is 2. The highest BCUT2D eigenvalue weighted by atomic mass is 16.5. The Morgan fingerprint density at radius 1 is 1.43 bits per heavy atom. The zero-order chi connectivity index (χ0) is 14.4. The summed E-state index contributed by atoms with van der Waals surface area (Å²) in [6.07, 6.45) is 3.88. The second-order valence-electron chi connectivity index (χ2n) is 5.38. The predicted octanol–water partition coefficient (Wildman–Crippen LogP) is 2.99. The lowest BCUT2D eigenvalue weighted by Crippen LogP contribution is -2.13. The summed E-state index contributed by atoms with van der Waals surface area (Å²) in [5, 5.41) is 14.7. The minimum Gasteiger partial charge on any atom is -0.359 e. The second-order valence-corrected chi connectivity index (χ2v) is 5.38. The maximum atomic E-state index is 12.5. The van der Waals surface area contributed by atoms with Gasteiger partial charge in [-0.1, -0.05) is 17.3 Å². The van der Waals surface area contributed by atoms with Gasteiger partial charge in [-0.05, 0) is 25.8 Å². The fourth-order valence-electron chi connectivity index (χ4n) is 2.50. The molecule has 2 heterocycles. The van der Waals surface area contributed by atoms with Crippen LogP contribution in [0.1, 0.15) is 40.6 Å². The molecule has 1 aliphatic rings. The molecule has 0 atom stereocenters. The molecular weight excluding hydrogens is 268 g/mol. The van der Waals surface area contributed by atoms with Crippen LogP contribution in [0, 0.1) is 6.92 Å². The number of aryl methyl sites for hydroxylation is 1. The minimum absolute atomic E-state index is 0.182. The molecule has 1 fully saturated rings. The number of carbonyl (C=O) groups is 1. The molecule has 1 aliphatic carbocycles. The molecule has 1 saturated carbocycles. The van der Waals surface area contributed by atoms with Gasteiger partial charge in [0.25, 0.3) is 5.91 Å². The van der Waals surface area contributed by atoms with Crippen molar-refractivity contribution in [3.8, 4) is 0 Å². The van der Waals surface area contributed by atoms with Gasteiger partial charge in [0.05, 0.1) is 17.3 Å². The van der Waals surface area contributed by atoms with Gasteiger partial charge in [0.2, 0.25) is 0 Å². The van der Waals surface area contributed by atoms with Crippen LogP contribution < -0.4 is 5.32 Å². The van der Waals surface area contributed by atoms with Gasteiger partial charge in [0.15, 0.2) is 5.76 Å². The van der Waals surface area contributed by atoms with E-state index in [0.717, 1.165) is 29.5 Å². The Kier molecular flexibility index (Phi) is 2.57. The van der Waals surface area contributed by atoms with Crippen molar-refractivity contribution in [2.24, 2.45) is 0 Å². The smallest absolute Gasteiger partial charge is 0.257 e. The molecule has 6 nitrogen and oxygen atoms in total. The first kappa shape index (κ1) is 12.1. The third kappa shape index (κ3) is 1.99. The van der Waals surface area contributed by atoms with Gasteiger partial charge in [-0.2, -0.15) is 5.10 Å². The fourth-order valence-corrected chi connectivity index (χ4v) is 2.50. The van der Waals surface area contributed by atoms with E-state index in [1.54, 1.807) is 12.3 Å². The highest BCUT2D eigenvalue weighted by molar-refractivity contribution is 6.12. The quantitative estimate of drug-likeness (QED) is 0.773.